The van der Waals surface area contributed by atoms with Crippen molar-refractivity contribution in [1.82, 2.24) is 14.7 Å². The Morgan fingerprint density at radius 1 is 1.59 bits per heavy atom. The van der Waals surface area contributed by atoms with Gasteiger partial charge in [0.05, 0.1) is 11.4 Å². The van der Waals surface area contributed by atoms with Crippen LogP contribution in [0.25, 0.3) is 4.96 Å². The van der Waals surface area contributed by atoms with Gasteiger partial charge in [0.2, 0.25) is 0 Å². The van der Waals surface area contributed by atoms with E-state index in [2.05, 4.69) is 33.2 Å². The Hall–Kier alpha value is -0.910. The number of imidazole rings is 1. The number of thiazole rings is 1. The van der Waals surface area contributed by atoms with Crippen LogP contribution in [0.2, 0.25) is 0 Å². The molecule has 2 aromatic rings. The molecular formula is C12H19N3OS. The Balaban J connectivity index is 2.07. The lowest BCUT2D eigenvalue weighted by molar-refractivity contribution is 0.261. The van der Waals surface area contributed by atoms with Crippen LogP contribution < -0.4 is 5.32 Å². The first-order valence-electron chi connectivity index (χ1n) is 6.01. The van der Waals surface area contributed by atoms with Gasteiger partial charge in [0.1, 0.15) is 0 Å². The summed E-state index contributed by atoms with van der Waals surface area (Å²) in [5.74, 6) is 0. The standard InChI is InChI=1S/C12H19N3OS/c1-3-10(4-6-16)13-8-11-9(2)14-12-15(11)5-7-17-12/h5,7,10,13,16H,3-4,6,8H2,1-2H3. The molecule has 0 aliphatic heterocycles. The van der Waals surface area contributed by atoms with Gasteiger partial charge in [-0.2, -0.15) is 0 Å². The Kier molecular flexibility index (Phi) is 4.15. The van der Waals surface area contributed by atoms with Gasteiger partial charge in [0.15, 0.2) is 4.96 Å². The van der Waals surface area contributed by atoms with Crippen molar-refractivity contribution in [3.8, 4) is 0 Å². The Morgan fingerprint density at radius 2 is 2.41 bits per heavy atom. The number of nitrogens with one attached hydrogen (secondary N) is 1. The van der Waals surface area contributed by atoms with Gasteiger partial charge in [-0.05, 0) is 19.8 Å². The summed E-state index contributed by atoms with van der Waals surface area (Å²) in [6.07, 6.45) is 3.90. The molecule has 2 N–H and O–H groups in total. The lowest BCUT2D eigenvalue weighted by atomic mass is 10.1. The van der Waals surface area contributed by atoms with Gasteiger partial charge in [0, 0.05) is 30.8 Å². The second-order valence-corrected chi connectivity index (χ2v) is 5.07. The molecule has 0 radical (unpaired) electrons. The second kappa shape index (κ2) is 5.62. The number of fused-ring (bicyclic) bond motifs is 1. The molecule has 0 amide bonds. The van der Waals surface area contributed by atoms with Crippen molar-refractivity contribution in [3.63, 3.8) is 0 Å². The average molecular weight is 253 g/mol. The summed E-state index contributed by atoms with van der Waals surface area (Å²) >= 11 is 1.66. The molecule has 0 bridgehead atoms. The van der Waals surface area contributed by atoms with Crippen molar-refractivity contribution in [2.45, 2.75) is 39.3 Å². The predicted molar refractivity (Wildman–Crippen MR) is 70.4 cm³/mol. The summed E-state index contributed by atoms with van der Waals surface area (Å²) in [6, 6.07) is 0.378. The van der Waals surface area contributed by atoms with Crippen LogP contribution in [0.4, 0.5) is 0 Å². The number of aromatic nitrogens is 2. The number of aryl methyl sites for hydroxylation is 1. The minimum absolute atomic E-state index is 0.241. The monoisotopic (exact) mass is 253 g/mol. The van der Waals surface area contributed by atoms with Gasteiger partial charge < -0.3 is 10.4 Å². The van der Waals surface area contributed by atoms with E-state index in [1.807, 2.05) is 6.92 Å². The molecule has 2 rings (SSSR count). The van der Waals surface area contributed by atoms with Crippen LogP contribution in [0.1, 0.15) is 31.2 Å². The Labute approximate surface area is 105 Å². The maximum Gasteiger partial charge on any atom is 0.194 e. The minimum atomic E-state index is 0.241. The largest absolute Gasteiger partial charge is 0.396 e. The molecule has 17 heavy (non-hydrogen) atoms. The zero-order valence-electron chi connectivity index (χ0n) is 10.3. The van der Waals surface area contributed by atoms with E-state index in [0.29, 0.717) is 6.04 Å². The molecule has 1 unspecified atom stereocenters. The van der Waals surface area contributed by atoms with Crippen LogP contribution in [0, 0.1) is 6.92 Å². The molecule has 0 spiro atoms. The molecule has 0 aliphatic rings. The first-order chi connectivity index (χ1) is 8.26. The average Bonchev–Trinajstić information content (AvgIpc) is 2.86. The normalized spacial score (nSPS) is 13.4. The van der Waals surface area contributed by atoms with Crippen LogP contribution in [0.15, 0.2) is 11.6 Å². The van der Waals surface area contributed by atoms with Gasteiger partial charge in [0.25, 0.3) is 0 Å². The number of hydrogen-bond donors (Lipinski definition) is 2. The maximum absolute atomic E-state index is 8.96. The summed E-state index contributed by atoms with van der Waals surface area (Å²) in [6.45, 7) is 5.23. The van der Waals surface area contributed by atoms with E-state index in [-0.39, 0.29) is 6.61 Å². The van der Waals surface area contributed by atoms with E-state index in [1.54, 1.807) is 11.3 Å². The lowest BCUT2D eigenvalue weighted by Gasteiger charge is -2.15. The molecule has 1 atom stereocenters. The quantitative estimate of drug-likeness (QED) is 0.827. The highest BCUT2D eigenvalue weighted by Crippen LogP contribution is 2.16. The van der Waals surface area contributed by atoms with Crippen molar-refractivity contribution in [3.05, 3.63) is 23.0 Å². The second-order valence-electron chi connectivity index (χ2n) is 4.20. The predicted octanol–water partition coefficient (Wildman–Crippen LogP) is 1.95. The summed E-state index contributed by atoms with van der Waals surface area (Å²) in [5.41, 5.74) is 2.31. The SMILES string of the molecule is CCC(CCO)NCc1c(C)nc2sccn12. The molecular weight excluding hydrogens is 234 g/mol. The van der Waals surface area contributed by atoms with Crippen LogP contribution >= 0.6 is 11.3 Å². The van der Waals surface area contributed by atoms with E-state index in [9.17, 15) is 0 Å². The number of aliphatic hydroxyl groups is 1. The third kappa shape index (κ3) is 2.68. The molecule has 0 fully saturated rings. The molecule has 4 nitrogen and oxygen atoms in total. The molecule has 0 aliphatic carbocycles. The van der Waals surface area contributed by atoms with E-state index in [4.69, 9.17) is 5.11 Å². The van der Waals surface area contributed by atoms with E-state index >= 15 is 0 Å². The van der Waals surface area contributed by atoms with Crippen LogP contribution in [-0.2, 0) is 6.54 Å². The molecule has 2 heterocycles. The summed E-state index contributed by atoms with van der Waals surface area (Å²) < 4.78 is 2.14. The fraction of sp³-hybridized carbons (Fsp3) is 0.583. The third-order valence-corrected chi connectivity index (χ3v) is 3.85. The zero-order chi connectivity index (χ0) is 12.3. The minimum Gasteiger partial charge on any atom is -0.396 e. The highest BCUT2D eigenvalue weighted by Gasteiger charge is 2.11. The number of hydrogen-bond acceptors (Lipinski definition) is 4. The third-order valence-electron chi connectivity index (χ3n) is 3.09. The molecule has 0 aromatic carbocycles. The number of rotatable bonds is 6. The highest BCUT2D eigenvalue weighted by molar-refractivity contribution is 7.15. The van der Waals surface area contributed by atoms with Crippen LogP contribution in [-0.4, -0.2) is 27.1 Å². The van der Waals surface area contributed by atoms with Crippen LogP contribution in [0.5, 0.6) is 0 Å². The zero-order valence-corrected chi connectivity index (χ0v) is 11.1. The number of aliphatic hydroxyl groups excluding tert-OH is 1. The molecule has 0 saturated carbocycles. The van der Waals surface area contributed by atoms with Crippen molar-refractivity contribution in [2.75, 3.05) is 6.61 Å². The van der Waals surface area contributed by atoms with E-state index in [0.717, 1.165) is 30.0 Å². The van der Waals surface area contributed by atoms with Gasteiger partial charge in [-0.3, -0.25) is 4.40 Å². The lowest BCUT2D eigenvalue weighted by Crippen LogP contribution is -2.29. The van der Waals surface area contributed by atoms with Crippen molar-refractivity contribution >= 4 is 16.3 Å². The van der Waals surface area contributed by atoms with Crippen molar-refractivity contribution in [1.29, 1.82) is 0 Å². The molecule has 0 saturated heterocycles. The molecule has 2 aromatic heterocycles. The highest BCUT2D eigenvalue weighted by atomic mass is 32.1. The first kappa shape index (κ1) is 12.5. The Morgan fingerprint density at radius 3 is 3.12 bits per heavy atom. The summed E-state index contributed by atoms with van der Waals surface area (Å²) in [4.78, 5) is 5.57. The van der Waals surface area contributed by atoms with E-state index in [1.165, 1.54) is 5.69 Å². The Bertz CT molecular complexity index is 477. The summed E-state index contributed by atoms with van der Waals surface area (Å²) in [7, 11) is 0. The van der Waals surface area contributed by atoms with Gasteiger partial charge in [-0.1, -0.05) is 6.92 Å². The fourth-order valence-electron chi connectivity index (χ4n) is 2.00. The van der Waals surface area contributed by atoms with Gasteiger partial charge >= 0.3 is 0 Å². The van der Waals surface area contributed by atoms with Crippen molar-refractivity contribution < 1.29 is 5.11 Å². The topological polar surface area (TPSA) is 49.6 Å². The summed E-state index contributed by atoms with van der Waals surface area (Å²) in [5, 5.41) is 14.5. The first-order valence-corrected chi connectivity index (χ1v) is 6.89. The molecule has 94 valence electrons. The van der Waals surface area contributed by atoms with Crippen molar-refractivity contribution in [2.24, 2.45) is 0 Å². The maximum atomic E-state index is 8.96. The smallest absolute Gasteiger partial charge is 0.194 e. The van der Waals surface area contributed by atoms with E-state index < -0.39 is 0 Å². The van der Waals surface area contributed by atoms with Crippen LogP contribution in [0.3, 0.4) is 0 Å². The molecule has 5 heteroatoms. The van der Waals surface area contributed by atoms with Gasteiger partial charge in [-0.15, -0.1) is 11.3 Å². The van der Waals surface area contributed by atoms with Gasteiger partial charge in [-0.25, -0.2) is 4.98 Å². The fourth-order valence-corrected chi connectivity index (χ4v) is 2.78. The number of nitrogens with zero attached hydrogens (tertiary/aromatic N) is 2.